The van der Waals surface area contributed by atoms with E-state index in [2.05, 4.69) is 33.1 Å². The van der Waals surface area contributed by atoms with E-state index in [1.165, 1.54) is 6.07 Å². The van der Waals surface area contributed by atoms with Crippen molar-refractivity contribution in [3.63, 3.8) is 0 Å². The number of benzene rings is 1. The van der Waals surface area contributed by atoms with E-state index in [1.54, 1.807) is 6.07 Å². The van der Waals surface area contributed by atoms with Gasteiger partial charge in [-0.05, 0) is 38.1 Å². The van der Waals surface area contributed by atoms with Crippen molar-refractivity contribution >= 4 is 15.9 Å². The number of nitrogens with one attached hydrogen (secondary N) is 1. The summed E-state index contributed by atoms with van der Waals surface area (Å²) in [5.74, 6) is -0.113. The Balaban J connectivity index is 2.10. The molecule has 0 bridgehead atoms. The molecule has 2 rings (SSSR count). The van der Waals surface area contributed by atoms with Crippen LogP contribution in [0.3, 0.4) is 0 Å². The van der Waals surface area contributed by atoms with Crippen molar-refractivity contribution in [2.45, 2.75) is 25.9 Å². The maximum Gasteiger partial charge on any atom is 0.127 e. The van der Waals surface area contributed by atoms with Gasteiger partial charge in [0.15, 0.2) is 0 Å². The second-order valence-electron chi connectivity index (χ2n) is 4.59. The van der Waals surface area contributed by atoms with E-state index in [1.807, 2.05) is 6.07 Å². The molecule has 17 heavy (non-hydrogen) atoms. The third kappa shape index (κ3) is 3.50. The lowest BCUT2D eigenvalue weighted by Gasteiger charge is -2.26. The first-order valence-corrected chi connectivity index (χ1v) is 6.85. The molecule has 1 N–H and O–H groups in total. The molecular formula is C13H18BrFN2. The lowest BCUT2D eigenvalue weighted by atomic mass is 10.1. The minimum atomic E-state index is -0.113. The molecule has 1 atom stereocenters. The summed E-state index contributed by atoms with van der Waals surface area (Å²) in [4.78, 5) is 2.34. The molecule has 1 fully saturated rings. The Morgan fingerprint density at radius 1 is 1.47 bits per heavy atom. The number of hydrogen-bond acceptors (Lipinski definition) is 2. The monoisotopic (exact) mass is 300 g/mol. The van der Waals surface area contributed by atoms with E-state index < -0.39 is 0 Å². The second kappa shape index (κ2) is 5.94. The van der Waals surface area contributed by atoms with Crippen LogP contribution in [0.25, 0.3) is 0 Å². The molecule has 0 amide bonds. The highest BCUT2D eigenvalue weighted by Crippen LogP contribution is 2.19. The Hall–Kier alpha value is -0.450. The van der Waals surface area contributed by atoms with Gasteiger partial charge in [-0.25, -0.2) is 4.39 Å². The van der Waals surface area contributed by atoms with Gasteiger partial charge in [0.05, 0.1) is 0 Å². The Kier molecular flexibility index (Phi) is 4.54. The van der Waals surface area contributed by atoms with Crippen LogP contribution in [0.1, 0.15) is 18.9 Å². The number of halogens is 2. The summed E-state index contributed by atoms with van der Waals surface area (Å²) in [5.41, 5.74) is 0.771. The molecule has 0 radical (unpaired) electrons. The summed E-state index contributed by atoms with van der Waals surface area (Å²) in [6, 6.07) is 5.65. The lowest BCUT2D eigenvalue weighted by Crippen LogP contribution is -2.34. The predicted molar refractivity (Wildman–Crippen MR) is 71.5 cm³/mol. The molecule has 1 unspecified atom stereocenters. The summed E-state index contributed by atoms with van der Waals surface area (Å²) in [6.45, 7) is 5.92. The smallest absolute Gasteiger partial charge is 0.127 e. The molecule has 1 aliphatic heterocycles. The lowest BCUT2D eigenvalue weighted by molar-refractivity contribution is 0.209. The van der Waals surface area contributed by atoms with Crippen molar-refractivity contribution in [3.05, 3.63) is 34.1 Å². The minimum Gasteiger partial charge on any atom is -0.315 e. The fourth-order valence-electron chi connectivity index (χ4n) is 2.18. The van der Waals surface area contributed by atoms with Gasteiger partial charge >= 0.3 is 0 Å². The maximum absolute atomic E-state index is 13.7. The van der Waals surface area contributed by atoms with Gasteiger partial charge in [-0.2, -0.15) is 0 Å². The zero-order valence-electron chi connectivity index (χ0n) is 10.0. The number of hydrogen-bond donors (Lipinski definition) is 1. The summed E-state index contributed by atoms with van der Waals surface area (Å²) < 4.78 is 14.6. The zero-order chi connectivity index (χ0) is 12.3. The fourth-order valence-corrected chi connectivity index (χ4v) is 2.59. The highest BCUT2D eigenvalue weighted by atomic mass is 79.9. The first-order chi connectivity index (χ1) is 8.16. The van der Waals surface area contributed by atoms with Crippen LogP contribution in [0.15, 0.2) is 22.7 Å². The molecule has 2 nitrogen and oxygen atoms in total. The average molecular weight is 301 g/mol. The molecule has 0 aromatic heterocycles. The van der Waals surface area contributed by atoms with Gasteiger partial charge in [0.1, 0.15) is 5.82 Å². The van der Waals surface area contributed by atoms with Crippen LogP contribution >= 0.6 is 15.9 Å². The van der Waals surface area contributed by atoms with E-state index in [9.17, 15) is 4.39 Å². The van der Waals surface area contributed by atoms with Crippen molar-refractivity contribution < 1.29 is 4.39 Å². The zero-order valence-corrected chi connectivity index (χ0v) is 11.6. The van der Waals surface area contributed by atoms with Crippen LogP contribution < -0.4 is 5.32 Å². The number of nitrogens with zero attached hydrogens (tertiary/aromatic N) is 1. The predicted octanol–water partition coefficient (Wildman–Crippen LogP) is 2.77. The minimum absolute atomic E-state index is 0.113. The fraction of sp³-hybridized carbons (Fsp3) is 0.538. The third-order valence-electron chi connectivity index (χ3n) is 3.32. The van der Waals surface area contributed by atoms with E-state index >= 15 is 0 Å². The van der Waals surface area contributed by atoms with Crippen LogP contribution in [-0.2, 0) is 6.54 Å². The molecule has 94 valence electrons. The van der Waals surface area contributed by atoms with Gasteiger partial charge in [0, 0.05) is 35.7 Å². The Labute approximate surface area is 110 Å². The molecule has 1 saturated heterocycles. The second-order valence-corrected chi connectivity index (χ2v) is 5.51. The van der Waals surface area contributed by atoms with Crippen LogP contribution in [0, 0.1) is 5.82 Å². The van der Waals surface area contributed by atoms with E-state index in [0.29, 0.717) is 12.6 Å². The van der Waals surface area contributed by atoms with Gasteiger partial charge < -0.3 is 5.32 Å². The van der Waals surface area contributed by atoms with Gasteiger partial charge in [0.2, 0.25) is 0 Å². The molecule has 0 spiro atoms. The molecule has 4 heteroatoms. The van der Waals surface area contributed by atoms with Crippen molar-refractivity contribution in [3.8, 4) is 0 Å². The normalized spacial score (nSPS) is 22.4. The number of rotatable bonds is 2. The SMILES string of the molecule is CC1CCNCCN1Cc1cc(Br)ccc1F. The first kappa shape index (κ1) is 13.0. The highest BCUT2D eigenvalue weighted by molar-refractivity contribution is 9.10. The van der Waals surface area contributed by atoms with Crippen molar-refractivity contribution in [1.29, 1.82) is 0 Å². The Morgan fingerprint density at radius 2 is 2.29 bits per heavy atom. The van der Waals surface area contributed by atoms with Gasteiger partial charge in [-0.15, -0.1) is 0 Å². The third-order valence-corrected chi connectivity index (χ3v) is 3.81. The van der Waals surface area contributed by atoms with Crippen molar-refractivity contribution in [2.24, 2.45) is 0 Å². The Bertz CT molecular complexity index is 384. The topological polar surface area (TPSA) is 15.3 Å². The summed E-state index contributed by atoms with van der Waals surface area (Å²) in [5, 5.41) is 3.37. The summed E-state index contributed by atoms with van der Waals surface area (Å²) in [6.07, 6.45) is 1.12. The average Bonchev–Trinajstić information content (AvgIpc) is 2.50. The highest BCUT2D eigenvalue weighted by Gasteiger charge is 2.18. The van der Waals surface area contributed by atoms with Crippen LogP contribution in [0.5, 0.6) is 0 Å². The first-order valence-electron chi connectivity index (χ1n) is 6.05. The molecule has 1 heterocycles. The summed E-state index contributed by atoms with van der Waals surface area (Å²) in [7, 11) is 0. The maximum atomic E-state index is 13.7. The molecule has 1 aromatic rings. The van der Waals surface area contributed by atoms with Gasteiger partial charge in [0.25, 0.3) is 0 Å². The largest absolute Gasteiger partial charge is 0.315 e. The molecule has 0 aliphatic carbocycles. The summed E-state index contributed by atoms with van der Waals surface area (Å²) >= 11 is 3.39. The Morgan fingerprint density at radius 3 is 3.12 bits per heavy atom. The van der Waals surface area contributed by atoms with Crippen molar-refractivity contribution in [2.75, 3.05) is 19.6 Å². The van der Waals surface area contributed by atoms with E-state index in [0.717, 1.165) is 36.1 Å². The van der Waals surface area contributed by atoms with Gasteiger partial charge in [-0.3, -0.25) is 4.90 Å². The quantitative estimate of drug-likeness (QED) is 0.903. The van der Waals surface area contributed by atoms with Crippen LogP contribution in [0.2, 0.25) is 0 Å². The standard InChI is InChI=1S/C13H18BrFN2/c1-10-4-5-16-6-7-17(10)9-11-8-12(14)2-3-13(11)15/h2-3,8,10,16H,4-7,9H2,1H3. The van der Waals surface area contributed by atoms with E-state index in [4.69, 9.17) is 0 Å². The molecule has 1 aliphatic rings. The van der Waals surface area contributed by atoms with E-state index in [-0.39, 0.29) is 5.82 Å². The molecule has 0 saturated carbocycles. The molecule has 1 aromatic carbocycles. The van der Waals surface area contributed by atoms with Crippen molar-refractivity contribution in [1.82, 2.24) is 10.2 Å². The molecular weight excluding hydrogens is 283 g/mol. The van der Waals surface area contributed by atoms with Crippen LogP contribution in [0.4, 0.5) is 4.39 Å². The van der Waals surface area contributed by atoms with Crippen LogP contribution in [-0.4, -0.2) is 30.6 Å². The van der Waals surface area contributed by atoms with Gasteiger partial charge in [-0.1, -0.05) is 15.9 Å².